The summed E-state index contributed by atoms with van der Waals surface area (Å²) in [6.45, 7) is 2.28. The van der Waals surface area contributed by atoms with Crippen LogP contribution in [0.4, 0.5) is 5.69 Å². The molecule has 2 aromatic carbocycles. The van der Waals surface area contributed by atoms with E-state index in [1.165, 1.54) is 0 Å². The highest BCUT2D eigenvalue weighted by atomic mass is 32.2. The number of anilines is 1. The van der Waals surface area contributed by atoms with Crippen molar-refractivity contribution in [3.05, 3.63) is 54.6 Å². The normalized spacial score (nSPS) is 11.2. The van der Waals surface area contributed by atoms with Crippen LogP contribution >= 0.6 is 0 Å². The molecular weight excluding hydrogens is 312 g/mol. The van der Waals surface area contributed by atoms with Gasteiger partial charge in [-0.3, -0.25) is 4.79 Å². The van der Waals surface area contributed by atoms with Crippen molar-refractivity contribution in [1.82, 2.24) is 4.72 Å². The number of carbonyl (C=O) groups excluding carboxylic acids is 1. The van der Waals surface area contributed by atoms with E-state index in [1.54, 1.807) is 24.3 Å². The van der Waals surface area contributed by atoms with Crippen molar-refractivity contribution >= 4 is 22.3 Å². The summed E-state index contributed by atoms with van der Waals surface area (Å²) in [5.41, 5.74) is 2.29. The lowest BCUT2D eigenvalue weighted by Gasteiger charge is -2.18. The molecule has 0 bridgehead atoms. The number of carbonyl (C=O) groups is 1. The SMILES string of the molecule is CCCCNS(=O)(=O)N(C=O)c1ccc(-c2ccccc2)cc1. The first kappa shape index (κ1) is 17.2. The maximum absolute atomic E-state index is 12.2. The average molecular weight is 332 g/mol. The lowest BCUT2D eigenvalue weighted by atomic mass is 10.1. The third-order valence-corrected chi connectivity index (χ3v) is 4.78. The number of hydrogen-bond donors (Lipinski definition) is 1. The van der Waals surface area contributed by atoms with Gasteiger partial charge in [-0.2, -0.15) is 17.4 Å². The van der Waals surface area contributed by atoms with Gasteiger partial charge in [0, 0.05) is 6.54 Å². The minimum atomic E-state index is -3.86. The summed E-state index contributed by atoms with van der Waals surface area (Å²) < 4.78 is 27.5. The van der Waals surface area contributed by atoms with E-state index in [4.69, 9.17) is 0 Å². The molecule has 0 atom stereocenters. The lowest BCUT2D eigenvalue weighted by Crippen LogP contribution is -2.40. The molecule has 0 spiro atoms. The second-order valence-corrected chi connectivity index (χ2v) is 6.70. The molecule has 6 heteroatoms. The van der Waals surface area contributed by atoms with Crippen LogP contribution in [0.3, 0.4) is 0 Å². The summed E-state index contributed by atoms with van der Waals surface area (Å²) in [4.78, 5) is 11.2. The zero-order valence-electron chi connectivity index (χ0n) is 13.0. The lowest BCUT2D eigenvalue weighted by molar-refractivity contribution is -0.106. The molecule has 0 aliphatic rings. The second-order valence-electron chi connectivity index (χ2n) is 5.07. The van der Waals surface area contributed by atoms with Crippen LogP contribution in [0.25, 0.3) is 11.1 Å². The minimum Gasteiger partial charge on any atom is -0.277 e. The largest absolute Gasteiger partial charge is 0.307 e. The predicted octanol–water partition coefficient (Wildman–Crippen LogP) is 2.95. The zero-order valence-corrected chi connectivity index (χ0v) is 13.8. The molecular formula is C17H20N2O3S. The van der Waals surface area contributed by atoms with Crippen molar-refractivity contribution in [3.8, 4) is 11.1 Å². The number of nitrogens with zero attached hydrogens (tertiary/aromatic N) is 1. The number of rotatable bonds is 8. The Morgan fingerprint density at radius 2 is 1.61 bits per heavy atom. The van der Waals surface area contributed by atoms with Gasteiger partial charge in [0.15, 0.2) is 0 Å². The van der Waals surface area contributed by atoms with Crippen LogP contribution in [0.2, 0.25) is 0 Å². The molecule has 0 aliphatic carbocycles. The van der Waals surface area contributed by atoms with E-state index in [9.17, 15) is 13.2 Å². The van der Waals surface area contributed by atoms with E-state index >= 15 is 0 Å². The monoisotopic (exact) mass is 332 g/mol. The van der Waals surface area contributed by atoms with Crippen LogP contribution in [0, 0.1) is 0 Å². The van der Waals surface area contributed by atoms with Crippen LogP contribution in [-0.4, -0.2) is 21.4 Å². The van der Waals surface area contributed by atoms with Gasteiger partial charge in [-0.05, 0) is 29.7 Å². The first-order chi connectivity index (χ1) is 11.1. The van der Waals surface area contributed by atoms with Crippen molar-refractivity contribution in [1.29, 1.82) is 0 Å². The van der Waals surface area contributed by atoms with Gasteiger partial charge in [-0.1, -0.05) is 55.8 Å². The molecule has 2 aromatic rings. The predicted molar refractivity (Wildman–Crippen MR) is 92.3 cm³/mol. The number of unbranched alkanes of at least 4 members (excludes halogenated alkanes) is 1. The standard InChI is InChI=1S/C17H20N2O3S/c1-2-3-13-18-23(21,22)19(14-20)17-11-9-16(10-12-17)15-7-5-4-6-8-15/h4-12,14,18H,2-3,13H2,1H3. The third-order valence-electron chi connectivity index (χ3n) is 3.40. The first-order valence-electron chi connectivity index (χ1n) is 7.48. The Balaban J connectivity index is 2.20. The van der Waals surface area contributed by atoms with Crippen molar-refractivity contribution in [2.75, 3.05) is 10.8 Å². The highest BCUT2D eigenvalue weighted by molar-refractivity contribution is 7.91. The summed E-state index contributed by atoms with van der Waals surface area (Å²) in [6, 6.07) is 16.6. The van der Waals surface area contributed by atoms with Gasteiger partial charge in [-0.15, -0.1) is 0 Å². The van der Waals surface area contributed by atoms with Crippen LogP contribution in [0.5, 0.6) is 0 Å². The van der Waals surface area contributed by atoms with Gasteiger partial charge in [0.1, 0.15) is 0 Å². The number of amides is 1. The van der Waals surface area contributed by atoms with E-state index in [2.05, 4.69) is 4.72 Å². The number of hydrogen-bond acceptors (Lipinski definition) is 3. The maximum atomic E-state index is 12.2. The smallest absolute Gasteiger partial charge is 0.277 e. The van der Waals surface area contributed by atoms with Crippen molar-refractivity contribution in [2.24, 2.45) is 0 Å². The number of nitrogens with one attached hydrogen (secondary N) is 1. The Hall–Kier alpha value is -2.18. The summed E-state index contributed by atoms with van der Waals surface area (Å²) in [6.07, 6.45) is 1.90. The van der Waals surface area contributed by atoms with Crippen molar-refractivity contribution in [2.45, 2.75) is 19.8 Å². The summed E-state index contributed by atoms with van der Waals surface area (Å²) in [7, 11) is -3.86. The molecule has 2 rings (SSSR count). The van der Waals surface area contributed by atoms with Gasteiger partial charge in [0.2, 0.25) is 6.41 Å². The third kappa shape index (κ3) is 4.40. The molecule has 1 N–H and O–H groups in total. The van der Waals surface area contributed by atoms with E-state index in [-0.39, 0.29) is 0 Å². The fraction of sp³-hybridized carbons (Fsp3) is 0.235. The van der Waals surface area contributed by atoms with Crippen LogP contribution in [-0.2, 0) is 15.0 Å². The molecule has 122 valence electrons. The quantitative estimate of drug-likeness (QED) is 0.597. The van der Waals surface area contributed by atoms with Crippen LogP contribution in [0.15, 0.2) is 54.6 Å². The molecule has 0 unspecified atom stereocenters. The van der Waals surface area contributed by atoms with Gasteiger partial charge in [0.05, 0.1) is 5.69 Å². The Kier molecular flexibility index (Phi) is 5.90. The highest BCUT2D eigenvalue weighted by Crippen LogP contribution is 2.23. The topological polar surface area (TPSA) is 66.5 Å². The molecule has 1 amide bonds. The Labute approximate surface area is 137 Å². The van der Waals surface area contributed by atoms with E-state index in [0.29, 0.717) is 18.6 Å². The van der Waals surface area contributed by atoms with E-state index < -0.39 is 10.2 Å². The van der Waals surface area contributed by atoms with Gasteiger partial charge in [0.25, 0.3) is 0 Å². The first-order valence-corrected chi connectivity index (χ1v) is 8.92. The minimum absolute atomic E-state index is 0.309. The van der Waals surface area contributed by atoms with Gasteiger partial charge >= 0.3 is 10.2 Å². The molecule has 0 heterocycles. The summed E-state index contributed by atoms with van der Waals surface area (Å²) in [5.74, 6) is 0. The number of benzene rings is 2. The Morgan fingerprint density at radius 3 is 2.17 bits per heavy atom. The van der Waals surface area contributed by atoms with Crippen LogP contribution in [0.1, 0.15) is 19.8 Å². The second kappa shape index (κ2) is 7.89. The molecule has 0 saturated heterocycles. The van der Waals surface area contributed by atoms with Gasteiger partial charge in [-0.25, -0.2) is 0 Å². The Bertz CT molecular complexity index is 728. The summed E-state index contributed by atoms with van der Waals surface area (Å²) >= 11 is 0. The molecule has 5 nitrogen and oxygen atoms in total. The average Bonchev–Trinajstić information content (AvgIpc) is 2.57. The fourth-order valence-corrected chi connectivity index (χ4v) is 3.19. The maximum Gasteiger partial charge on any atom is 0.307 e. The molecule has 0 fully saturated rings. The molecule has 0 aliphatic heterocycles. The van der Waals surface area contributed by atoms with Crippen LogP contribution < -0.4 is 9.03 Å². The van der Waals surface area contributed by atoms with E-state index in [1.807, 2.05) is 37.3 Å². The molecule has 0 aromatic heterocycles. The summed E-state index contributed by atoms with van der Waals surface area (Å²) in [5, 5.41) is 0. The molecule has 0 saturated carbocycles. The fourth-order valence-electron chi connectivity index (χ4n) is 2.14. The zero-order chi connectivity index (χ0) is 16.7. The Morgan fingerprint density at radius 1 is 1.00 bits per heavy atom. The molecule has 0 radical (unpaired) electrons. The van der Waals surface area contributed by atoms with E-state index in [0.717, 1.165) is 28.3 Å². The molecule has 23 heavy (non-hydrogen) atoms. The van der Waals surface area contributed by atoms with Crippen molar-refractivity contribution < 1.29 is 13.2 Å². The van der Waals surface area contributed by atoms with Gasteiger partial charge < -0.3 is 0 Å². The highest BCUT2D eigenvalue weighted by Gasteiger charge is 2.21. The van der Waals surface area contributed by atoms with Crippen molar-refractivity contribution in [3.63, 3.8) is 0 Å².